The van der Waals surface area contributed by atoms with Crippen LogP contribution in [0.25, 0.3) is 0 Å². The first kappa shape index (κ1) is 17.6. The van der Waals surface area contributed by atoms with E-state index in [-0.39, 0.29) is 12.1 Å². The Morgan fingerprint density at radius 3 is 2.62 bits per heavy atom. The molecule has 0 saturated heterocycles. The molecule has 130 valence electrons. The van der Waals surface area contributed by atoms with Gasteiger partial charge in [0.15, 0.2) is 17.3 Å². The third-order valence-electron chi connectivity index (χ3n) is 3.69. The van der Waals surface area contributed by atoms with E-state index < -0.39 is 0 Å². The van der Waals surface area contributed by atoms with Crippen molar-refractivity contribution >= 4 is 6.03 Å². The first-order chi connectivity index (χ1) is 11.5. The number of methoxy groups -OCH3 is 2. The molecule has 1 atom stereocenters. The maximum Gasteiger partial charge on any atom is 0.318 e. The van der Waals surface area contributed by atoms with Gasteiger partial charge < -0.3 is 24.3 Å². The molecule has 0 aliphatic heterocycles. The molecule has 1 aromatic carbocycles. The number of hydrogen-bond donors (Lipinski definition) is 1. The van der Waals surface area contributed by atoms with Crippen molar-refractivity contribution in [3.8, 4) is 11.5 Å². The molecule has 8 nitrogen and oxygen atoms in total. The summed E-state index contributed by atoms with van der Waals surface area (Å²) < 4.78 is 12.3. The van der Waals surface area contributed by atoms with E-state index in [2.05, 4.69) is 15.5 Å². The van der Waals surface area contributed by atoms with Gasteiger partial charge >= 0.3 is 6.03 Å². The van der Waals surface area contributed by atoms with Gasteiger partial charge in [-0.1, -0.05) is 6.07 Å². The van der Waals surface area contributed by atoms with Gasteiger partial charge in [-0.3, -0.25) is 0 Å². The van der Waals surface area contributed by atoms with E-state index in [0.717, 1.165) is 5.56 Å². The number of carbonyl (C=O) groups excluding carboxylic acids is 1. The molecule has 2 rings (SSSR count). The van der Waals surface area contributed by atoms with Crippen LogP contribution in [0.15, 0.2) is 24.5 Å². The van der Waals surface area contributed by atoms with Crippen molar-refractivity contribution in [3.05, 3.63) is 35.9 Å². The van der Waals surface area contributed by atoms with Crippen molar-refractivity contribution in [2.45, 2.75) is 19.5 Å². The lowest BCUT2D eigenvalue weighted by Crippen LogP contribution is -2.38. The fraction of sp³-hybridized carbons (Fsp3) is 0.438. The van der Waals surface area contributed by atoms with Crippen molar-refractivity contribution < 1.29 is 14.3 Å². The molecule has 0 saturated carbocycles. The van der Waals surface area contributed by atoms with Gasteiger partial charge in [0.05, 0.1) is 20.3 Å². The van der Waals surface area contributed by atoms with Crippen LogP contribution in [0.3, 0.4) is 0 Å². The van der Waals surface area contributed by atoms with Gasteiger partial charge in [0.25, 0.3) is 0 Å². The molecule has 8 heteroatoms. The van der Waals surface area contributed by atoms with Crippen molar-refractivity contribution in [1.82, 2.24) is 25.0 Å². The Morgan fingerprint density at radius 2 is 2.04 bits per heavy atom. The Bertz CT molecular complexity index is 701. The molecule has 0 fully saturated rings. The lowest BCUT2D eigenvalue weighted by Gasteiger charge is -2.21. The number of rotatable bonds is 6. The van der Waals surface area contributed by atoms with Gasteiger partial charge in [-0.25, -0.2) is 4.79 Å². The van der Waals surface area contributed by atoms with Crippen LogP contribution in [-0.2, 0) is 13.6 Å². The Labute approximate surface area is 141 Å². The fourth-order valence-electron chi connectivity index (χ4n) is 2.37. The van der Waals surface area contributed by atoms with E-state index in [4.69, 9.17) is 9.47 Å². The molecule has 1 N–H and O–H groups in total. The zero-order valence-electron chi connectivity index (χ0n) is 14.6. The summed E-state index contributed by atoms with van der Waals surface area (Å²) in [6.45, 7) is 2.31. The van der Waals surface area contributed by atoms with Crippen LogP contribution in [0.1, 0.15) is 24.4 Å². The Hall–Kier alpha value is -2.77. The minimum Gasteiger partial charge on any atom is -0.493 e. The highest BCUT2D eigenvalue weighted by Gasteiger charge is 2.17. The number of nitrogens with one attached hydrogen (secondary N) is 1. The first-order valence-corrected chi connectivity index (χ1v) is 7.52. The van der Waals surface area contributed by atoms with Crippen LogP contribution in [0, 0.1) is 0 Å². The molecule has 0 unspecified atom stereocenters. The van der Waals surface area contributed by atoms with E-state index >= 15 is 0 Å². The normalized spacial score (nSPS) is 11.7. The molecule has 0 radical (unpaired) electrons. The second-order valence-corrected chi connectivity index (χ2v) is 5.52. The van der Waals surface area contributed by atoms with Crippen molar-refractivity contribution in [2.75, 3.05) is 21.3 Å². The van der Waals surface area contributed by atoms with Crippen LogP contribution in [0.4, 0.5) is 4.79 Å². The monoisotopic (exact) mass is 333 g/mol. The standard InChI is InChI=1S/C16H23N5O3/c1-11(15-19-17-10-21(15)3)18-16(22)20(2)9-12-6-7-13(23-4)14(8-12)24-5/h6-8,10-11H,9H2,1-5H3,(H,18,22)/t11-/m1/s1. The minimum atomic E-state index is -0.238. The van der Waals surface area contributed by atoms with Gasteiger partial charge in [-0.15, -0.1) is 10.2 Å². The summed E-state index contributed by atoms with van der Waals surface area (Å²) in [5.74, 6) is 1.99. The third-order valence-corrected chi connectivity index (χ3v) is 3.69. The van der Waals surface area contributed by atoms with E-state index in [1.807, 2.05) is 32.2 Å². The number of benzene rings is 1. The molecule has 2 aromatic rings. The molecule has 1 heterocycles. The fourth-order valence-corrected chi connectivity index (χ4v) is 2.37. The number of nitrogens with zero attached hydrogens (tertiary/aromatic N) is 4. The summed E-state index contributed by atoms with van der Waals surface area (Å²) in [4.78, 5) is 13.9. The Morgan fingerprint density at radius 1 is 1.33 bits per heavy atom. The summed E-state index contributed by atoms with van der Waals surface area (Å²) in [7, 11) is 6.74. The van der Waals surface area contributed by atoms with E-state index in [9.17, 15) is 4.79 Å². The number of carbonyl (C=O) groups is 1. The van der Waals surface area contributed by atoms with Gasteiger partial charge in [-0.05, 0) is 24.6 Å². The van der Waals surface area contributed by atoms with E-state index in [1.165, 1.54) is 0 Å². The summed E-state index contributed by atoms with van der Waals surface area (Å²) in [5.41, 5.74) is 0.941. The molecule has 2 amide bonds. The molecular weight excluding hydrogens is 310 g/mol. The van der Waals surface area contributed by atoms with E-state index in [1.54, 1.807) is 37.1 Å². The van der Waals surface area contributed by atoms with Crippen LogP contribution in [0.2, 0.25) is 0 Å². The van der Waals surface area contributed by atoms with Crippen LogP contribution in [-0.4, -0.2) is 47.0 Å². The Balaban J connectivity index is 2.00. The zero-order valence-corrected chi connectivity index (χ0v) is 14.6. The highest BCUT2D eigenvalue weighted by atomic mass is 16.5. The van der Waals surface area contributed by atoms with Crippen molar-refractivity contribution in [3.63, 3.8) is 0 Å². The zero-order chi connectivity index (χ0) is 17.7. The second kappa shape index (κ2) is 7.67. The number of urea groups is 1. The maximum absolute atomic E-state index is 12.3. The van der Waals surface area contributed by atoms with Crippen molar-refractivity contribution in [2.24, 2.45) is 7.05 Å². The number of hydrogen-bond acceptors (Lipinski definition) is 5. The number of amides is 2. The van der Waals surface area contributed by atoms with E-state index in [0.29, 0.717) is 23.9 Å². The highest BCUT2D eigenvalue weighted by molar-refractivity contribution is 5.74. The van der Waals surface area contributed by atoms with Gasteiger partial charge in [0.2, 0.25) is 0 Å². The lowest BCUT2D eigenvalue weighted by molar-refractivity contribution is 0.203. The van der Waals surface area contributed by atoms with Gasteiger partial charge in [0.1, 0.15) is 6.33 Å². The highest BCUT2D eigenvalue weighted by Crippen LogP contribution is 2.27. The summed E-state index contributed by atoms with van der Waals surface area (Å²) in [5, 5.41) is 10.7. The minimum absolute atomic E-state index is 0.194. The molecule has 0 aliphatic rings. The lowest BCUT2D eigenvalue weighted by atomic mass is 10.2. The predicted octanol–water partition coefficient (Wildman–Crippen LogP) is 1.73. The maximum atomic E-state index is 12.3. The van der Waals surface area contributed by atoms with Crippen LogP contribution < -0.4 is 14.8 Å². The summed E-state index contributed by atoms with van der Waals surface area (Å²) in [6, 6.07) is 5.15. The molecule has 24 heavy (non-hydrogen) atoms. The Kier molecular flexibility index (Phi) is 5.62. The molecule has 0 bridgehead atoms. The predicted molar refractivity (Wildman–Crippen MR) is 89.0 cm³/mol. The first-order valence-electron chi connectivity index (χ1n) is 7.52. The average Bonchev–Trinajstić information content (AvgIpc) is 3.00. The van der Waals surface area contributed by atoms with Gasteiger partial charge in [0, 0.05) is 20.6 Å². The van der Waals surface area contributed by atoms with Crippen LogP contribution >= 0.6 is 0 Å². The number of aromatic nitrogens is 3. The summed E-state index contributed by atoms with van der Waals surface area (Å²) in [6.07, 6.45) is 1.60. The SMILES string of the molecule is COc1ccc(CN(C)C(=O)N[C@H](C)c2nncn2C)cc1OC. The smallest absolute Gasteiger partial charge is 0.318 e. The molecule has 0 aliphatic carbocycles. The molecular formula is C16H23N5O3. The number of ether oxygens (including phenoxy) is 2. The van der Waals surface area contributed by atoms with Gasteiger partial charge in [-0.2, -0.15) is 0 Å². The molecule has 1 aromatic heterocycles. The second-order valence-electron chi connectivity index (χ2n) is 5.52. The summed E-state index contributed by atoms with van der Waals surface area (Å²) >= 11 is 0. The molecule has 0 spiro atoms. The average molecular weight is 333 g/mol. The quantitative estimate of drug-likeness (QED) is 0.871. The van der Waals surface area contributed by atoms with Crippen LogP contribution in [0.5, 0.6) is 11.5 Å². The van der Waals surface area contributed by atoms with Crippen molar-refractivity contribution in [1.29, 1.82) is 0 Å². The largest absolute Gasteiger partial charge is 0.493 e. The topological polar surface area (TPSA) is 81.5 Å². The third kappa shape index (κ3) is 3.95. The number of aryl methyl sites for hydroxylation is 1.